The second kappa shape index (κ2) is 11.3. The fraction of sp³-hybridized carbons (Fsp3) is 0.300. The fourth-order valence-corrected chi connectivity index (χ4v) is 8.30. The first kappa shape index (κ1) is 29.7. The molecule has 0 saturated carbocycles. The number of esters is 1. The van der Waals surface area contributed by atoms with Crippen LogP contribution in [0.2, 0.25) is 0 Å². The van der Waals surface area contributed by atoms with Gasteiger partial charge in [0.2, 0.25) is 11.7 Å². The molecule has 1 fully saturated rings. The van der Waals surface area contributed by atoms with Gasteiger partial charge in [-0.05, 0) is 41.3 Å². The molecule has 2 aromatic rings. The van der Waals surface area contributed by atoms with E-state index < -0.39 is 28.6 Å². The molecule has 2 amide bonds. The van der Waals surface area contributed by atoms with E-state index in [0.29, 0.717) is 34.0 Å². The molecule has 0 bridgehead atoms. The first-order valence-electron chi connectivity index (χ1n) is 13.3. The van der Waals surface area contributed by atoms with E-state index in [9.17, 15) is 19.2 Å². The first-order chi connectivity index (χ1) is 20.5. The first-order valence-corrected chi connectivity index (χ1v) is 15.9. The van der Waals surface area contributed by atoms with Crippen LogP contribution in [0.15, 0.2) is 73.7 Å². The number of nitrogens with one attached hydrogen (secondary N) is 1. The number of carbonyl (C=O) groups is 4. The largest absolute Gasteiger partial charge is 0.489 e. The van der Waals surface area contributed by atoms with Crippen LogP contribution in [-0.2, 0) is 35.8 Å². The lowest BCUT2D eigenvalue weighted by Crippen LogP contribution is -2.70. The Morgan fingerprint density at radius 3 is 2.72 bits per heavy atom. The molecular formula is C30H25Cl2N3O6S2. The number of Topliss-reactive ketones (excluding diaryl/α,β-unsaturated/α-hetero) is 1. The second-order valence-corrected chi connectivity index (χ2v) is 13.7. The molecule has 1 N–H and O–H groups in total. The van der Waals surface area contributed by atoms with Crippen molar-refractivity contribution >= 4 is 81.3 Å². The maximum Gasteiger partial charge on any atom is 0.354 e. The number of β-lactam (4-membered cyclic amide) rings is 1. The van der Waals surface area contributed by atoms with Gasteiger partial charge in [0, 0.05) is 27.2 Å². The fourth-order valence-electron chi connectivity index (χ4n) is 5.58. The molecule has 222 valence electrons. The third-order valence-corrected chi connectivity index (χ3v) is 10.6. The van der Waals surface area contributed by atoms with E-state index in [1.807, 2.05) is 43.5 Å². The summed E-state index contributed by atoms with van der Waals surface area (Å²) in [5.74, 6) is -0.807. The molecule has 13 heteroatoms. The van der Waals surface area contributed by atoms with Crippen molar-refractivity contribution in [2.75, 3.05) is 19.5 Å². The van der Waals surface area contributed by atoms with Crippen LogP contribution in [0, 0.1) is 0 Å². The van der Waals surface area contributed by atoms with Crippen molar-refractivity contribution in [3.05, 3.63) is 79.1 Å². The summed E-state index contributed by atoms with van der Waals surface area (Å²) in [6, 6.07) is 8.41. The van der Waals surface area contributed by atoms with Gasteiger partial charge < -0.3 is 14.8 Å². The number of thioether (sulfide) groups is 1. The van der Waals surface area contributed by atoms with Gasteiger partial charge in [-0.15, -0.1) is 23.1 Å². The quantitative estimate of drug-likeness (QED) is 0.259. The van der Waals surface area contributed by atoms with Crippen molar-refractivity contribution in [1.29, 1.82) is 0 Å². The van der Waals surface area contributed by atoms with Crippen LogP contribution < -0.4 is 10.1 Å². The highest BCUT2D eigenvalue weighted by Gasteiger charge is 2.54. The third kappa shape index (κ3) is 5.12. The molecule has 0 spiro atoms. The molecule has 4 heterocycles. The van der Waals surface area contributed by atoms with Crippen LogP contribution in [0.3, 0.4) is 0 Å². The van der Waals surface area contributed by atoms with Crippen molar-refractivity contribution in [3.63, 3.8) is 0 Å². The number of rotatable bonds is 7. The molecular weight excluding hydrogens is 633 g/mol. The Bertz CT molecular complexity index is 1710. The smallest absolute Gasteiger partial charge is 0.354 e. The van der Waals surface area contributed by atoms with Gasteiger partial charge in [-0.25, -0.2) is 9.79 Å². The minimum atomic E-state index is -0.731. The molecule has 43 heavy (non-hydrogen) atoms. The molecule has 0 radical (unpaired) electrons. The van der Waals surface area contributed by atoms with Crippen molar-refractivity contribution in [1.82, 2.24) is 10.2 Å². The van der Waals surface area contributed by atoms with Crippen LogP contribution in [0.5, 0.6) is 5.75 Å². The number of carbonyl (C=O) groups excluding carboxylic acids is 4. The number of halogens is 2. The molecule has 1 aliphatic carbocycles. The number of fused-ring (bicyclic) bond motifs is 3. The Kier molecular flexibility index (Phi) is 7.78. The Balaban J connectivity index is 1.22. The summed E-state index contributed by atoms with van der Waals surface area (Å²) in [6.45, 7) is 3.92. The van der Waals surface area contributed by atoms with Crippen molar-refractivity contribution in [2.24, 2.45) is 4.99 Å². The van der Waals surface area contributed by atoms with Gasteiger partial charge in [-0.3, -0.25) is 19.3 Å². The van der Waals surface area contributed by atoms with Crippen LogP contribution >= 0.6 is 46.3 Å². The summed E-state index contributed by atoms with van der Waals surface area (Å²) < 4.78 is 11.2. The molecule has 1 saturated heterocycles. The molecule has 3 aliphatic heterocycles. The molecule has 1 aromatic heterocycles. The molecule has 2 unspecified atom stereocenters. The summed E-state index contributed by atoms with van der Waals surface area (Å²) in [5.41, 5.74) is 2.68. The maximum atomic E-state index is 13.2. The van der Waals surface area contributed by atoms with E-state index >= 15 is 0 Å². The summed E-state index contributed by atoms with van der Waals surface area (Å²) in [4.78, 5) is 58.0. The number of amides is 2. The number of benzene rings is 1. The van der Waals surface area contributed by atoms with E-state index in [1.165, 1.54) is 41.2 Å². The Labute approximate surface area is 265 Å². The number of ether oxygens (including phenoxy) is 2. The number of aliphatic imine (C=N–C) groups is 1. The number of thiophene rings is 1. The Morgan fingerprint density at radius 2 is 2.00 bits per heavy atom. The summed E-state index contributed by atoms with van der Waals surface area (Å²) >= 11 is 15.5. The minimum Gasteiger partial charge on any atom is -0.489 e. The van der Waals surface area contributed by atoms with Gasteiger partial charge in [0.1, 0.15) is 29.5 Å². The highest BCUT2D eigenvalue weighted by atomic mass is 35.5. The monoisotopic (exact) mass is 657 g/mol. The normalized spacial score (nSPS) is 22.1. The number of ketones is 1. The van der Waals surface area contributed by atoms with E-state index in [1.54, 1.807) is 6.07 Å². The lowest BCUT2D eigenvalue weighted by Gasteiger charge is -2.49. The van der Waals surface area contributed by atoms with Gasteiger partial charge in [-0.2, -0.15) is 0 Å². The SMILES string of the molecule is COC(=O)C1=C(COc2ccc3c(c2)C(C)(C)C2=C(Cl)C(=O)C(Cl)=CC2=N3)CSC2C(NC(=O)Cc3cccs3)C(=O)N12. The van der Waals surface area contributed by atoms with Crippen molar-refractivity contribution in [2.45, 2.75) is 37.1 Å². The van der Waals surface area contributed by atoms with Crippen molar-refractivity contribution < 1.29 is 28.7 Å². The average molecular weight is 659 g/mol. The lowest BCUT2D eigenvalue weighted by molar-refractivity contribution is -0.151. The highest BCUT2D eigenvalue weighted by molar-refractivity contribution is 8.00. The van der Waals surface area contributed by atoms with Crippen molar-refractivity contribution in [3.8, 4) is 5.75 Å². The Hall–Kier alpha value is -3.38. The summed E-state index contributed by atoms with van der Waals surface area (Å²) in [7, 11) is 1.26. The number of hydrogen-bond donors (Lipinski definition) is 1. The van der Waals surface area contributed by atoms with Crippen LogP contribution in [-0.4, -0.2) is 65.1 Å². The van der Waals surface area contributed by atoms with E-state index in [2.05, 4.69) is 10.3 Å². The van der Waals surface area contributed by atoms with E-state index in [4.69, 9.17) is 32.7 Å². The Morgan fingerprint density at radius 1 is 1.21 bits per heavy atom. The van der Waals surface area contributed by atoms with Gasteiger partial charge in [-0.1, -0.05) is 43.1 Å². The molecule has 9 nitrogen and oxygen atoms in total. The van der Waals surface area contributed by atoms with E-state index in [0.717, 1.165) is 10.4 Å². The molecule has 1 aromatic carbocycles. The second-order valence-electron chi connectivity index (χ2n) is 10.8. The van der Waals surface area contributed by atoms with E-state index in [-0.39, 0.29) is 40.6 Å². The zero-order valence-corrected chi connectivity index (χ0v) is 26.4. The zero-order valence-electron chi connectivity index (χ0n) is 23.2. The number of methoxy groups -OCH3 is 1. The predicted octanol–water partition coefficient (Wildman–Crippen LogP) is 4.76. The topological polar surface area (TPSA) is 114 Å². The molecule has 2 atom stereocenters. The highest BCUT2D eigenvalue weighted by Crippen LogP contribution is 2.48. The zero-order chi connectivity index (χ0) is 30.6. The lowest BCUT2D eigenvalue weighted by atomic mass is 9.71. The maximum absolute atomic E-state index is 13.2. The van der Waals surface area contributed by atoms with Crippen LogP contribution in [0.4, 0.5) is 5.69 Å². The molecule has 6 rings (SSSR count). The number of allylic oxidation sites excluding steroid dienone is 4. The average Bonchev–Trinajstić information content (AvgIpc) is 3.49. The van der Waals surface area contributed by atoms with Crippen LogP contribution in [0.25, 0.3) is 0 Å². The molecule has 4 aliphatic rings. The standard InChI is InChI=1S/C30H25Cl2N3O6S2/c1-30(2)17-9-15(6-7-19(17)33-20-11-18(31)26(37)23(32)22(20)30)41-12-14-13-43-28-24(27(38)35(28)25(14)29(39)40-3)34-21(36)10-16-5-4-8-42-16/h4-9,11,24,28H,10,12-13H2,1-3H3,(H,34,36). The third-order valence-electron chi connectivity index (χ3n) is 7.73. The summed E-state index contributed by atoms with van der Waals surface area (Å²) in [6.07, 6.45) is 1.72. The summed E-state index contributed by atoms with van der Waals surface area (Å²) in [5, 5.41) is 4.33. The van der Waals surface area contributed by atoms with Gasteiger partial charge in [0.15, 0.2) is 0 Å². The van der Waals surface area contributed by atoms with Gasteiger partial charge >= 0.3 is 5.97 Å². The van der Waals surface area contributed by atoms with Crippen LogP contribution in [0.1, 0.15) is 24.3 Å². The number of nitrogens with zero attached hydrogens (tertiary/aromatic N) is 2. The number of hydrogen-bond acceptors (Lipinski definition) is 9. The van der Waals surface area contributed by atoms with Gasteiger partial charge in [0.05, 0.1) is 35.0 Å². The predicted molar refractivity (Wildman–Crippen MR) is 166 cm³/mol. The minimum absolute atomic E-state index is 0.0155. The van der Waals surface area contributed by atoms with Gasteiger partial charge in [0.25, 0.3) is 5.91 Å².